The number of rotatable bonds is 4. The number of ether oxygens (including phenoxy) is 1. The second-order valence-electron chi connectivity index (χ2n) is 8.22. The zero-order valence-electron chi connectivity index (χ0n) is 16.8. The van der Waals surface area contributed by atoms with Gasteiger partial charge in [-0.3, -0.25) is 9.36 Å². The van der Waals surface area contributed by atoms with E-state index in [9.17, 15) is 9.59 Å². The van der Waals surface area contributed by atoms with Gasteiger partial charge in [-0.25, -0.2) is 4.79 Å². The fourth-order valence-electron chi connectivity index (χ4n) is 5.32. The molecule has 6 nitrogen and oxygen atoms in total. The smallest absolute Gasteiger partial charge is 0.328 e. The third-order valence-corrected chi connectivity index (χ3v) is 6.99. The Kier molecular flexibility index (Phi) is 4.91. The van der Waals surface area contributed by atoms with Gasteiger partial charge in [-0.15, -0.1) is 0 Å². The van der Waals surface area contributed by atoms with Crippen LogP contribution >= 0.6 is 11.6 Å². The van der Waals surface area contributed by atoms with Crippen LogP contribution in [0.1, 0.15) is 29.9 Å². The second-order valence-corrected chi connectivity index (χ2v) is 8.65. The van der Waals surface area contributed by atoms with Crippen molar-refractivity contribution in [3.8, 4) is 5.75 Å². The molecule has 1 saturated heterocycles. The van der Waals surface area contributed by atoms with Crippen molar-refractivity contribution in [3.63, 3.8) is 0 Å². The SMILES string of the molecule is COc1cccc2c1CC[C@@H]1C(CCn3c(=O)[nH]c4cc(Cl)ccc4c3=O)NC[C@@H]21. The summed E-state index contributed by atoms with van der Waals surface area (Å²) in [4.78, 5) is 28.2. The second kappa shape index (κ2) is 7.60. The number of benzene rings is 2. The summed E-state index contributed by atoms with van der Waals surface area (Å²) in [5.74, 6) is 1.92. The fraction of sp³-hybridized carbons (Fsp3) is 0.391. The van der Waals surface area contributed by atoms with Crippen molar-refractivity contribution in [1.82, 2.24) is 14.9 Å². The molecule has 30 heavy (non-hydrogen) atoms. The Morgan fingerprint density at radius 3 is 2.93 bits per heavy atom. The van der Waals surface area contributed by atoms with Crippen molar-refractivity contribution in [2.24, 2.45) is 5.92 Å². The average Bonchev–Trinajstić information content (AvgIpc) is 3.16. The largest absolute Gasteiger partial charge is 0.496 e. The van der Waals surface area contributed by atoms with E-state index in [0.717, 1.165) is 31.6 Å². The van der Waals surface area contributed by atoms with E-state index in [0.29, 0.717) is 34.3 Å². The molecule has 3 aromatic rings. The number of methoxy groups -OCH3 is 1. The van der Waals surface area contributed by atoms with Crippen LogP contribution in [0.15, 0.2) is 46.0 Å². The van der Waals surface area contributed by atoms with E-state index >= 15 is 0 Å². The van der Waals surface area contributed by atoms with Crippen LogP contribution < -0.4 is 21.3 Å². The Labute approximate surface area is 178 Å². The molecule has 0 amide bonds. The van der Waals surface area contributed by atoms with E-state index in [2.05, 4.69) is 22.4 Å². The minimum absolute atomic E-state index is 0.265. The molecule has 1 aliphatic heterocycles. The molecule has 1 aliphatic carbocycles. The zero-order valence-corrected chi connectivity index (χ0v) is 17.5. The van der Waals surface area contributed by atoms with Crippen molar-refractivity contribution in [2.75, 3.05) is 13.7 Å². The van der Waals surface area contributed by atoms with E-state index < -0.39 is 0 Å². The van der Waals surface area contributed by atoms with E-state index in [1.807, 2.05) is 6.07 Å². The highest BCUT2D eigenvalue weighted by Crippen LogP contribution is 2.44. The Hall–Kier alpha value is -2.57. The molecule has 2 aromatic carbocycles. The number of halogens is 1. The molecule has 0 bridgehead atoms. The molecule has 0 saturated carbocycles. The molecule has 5 rings (SSSR count). The molecular weight excluding hydrogens is 402 g/mol. The molecule has 2 aliphatic rings. The van der Waals surface area contributed by atoms with E-state index in [1.54, 1.807) is 25.3 Å². The predicted molar refractivity (Wildman–Crippen MR) is 118 cm³/mol. The lowest BCUT2D eigenvalue weighted by atomic mass is 9.74. The number of aromatic amines is 1. The third kappa shape index (κ3) is 3.15. The lowest BCUT2D eigenvalue weighted by Gasteiger charge is -2.31. The average molecular weight is 426 g/mol. The minimum Gasteiger partial charge on any atom is -0.496 e. The number of H-pyrrole nitrogens is 1. The maximum atomic E-state index is 12.8. The summed E-state index contributed by atoms with van der Waals surface area (Å²) < 4.78 is 6.87. The third-order valence-electron chi connectivity index (χ3n) is 6.76. The van der Waals surface area contributed by atoms with Crippen molar-refractivity contribution in [2.45, 2.75) is 37.8 Å². The van der Waals surface area contributed by atoms with Gasteiger partial charge in [0.05, 0.1) is 18.0 Å². The van der Waals surface area contributed by atoms with E-state index in [-0.39, 0.29) is 17.3 Å². The van der Waals surface area contributed by atoms with Crippen LogP contribution in [0.3, 0.4) is 0 Å². The van der Waals surface area contributed by atoms with Crippen LogP contribution in [0, 0.1) is 5.92 Å². The Morgan fingerprint density at radius 1 is 1.23 bits per heavy atom. The van der Waals surface area contributed by atoms with Crippen molar-refractivity contribution >= 4 is 22.5 Å². The summed E-state index contributed by atoms with van der Waals surface area (Å²) in [6, 6.07) is 11.5. The first-order valence-electron chi connectivity index (χ1n) is 10.4. The summed E-state index contributed by atoms with van der Waals surface area (Å²) in [7, 11) is 1.73. The van der Waals surface area contributed by atoms with Crippen LogP contribution in [0.5, 0.6) is 5.75 Å². The normalized spacial score (nSPS) is 22.7. The number of nitrogens with one attached hydrogen (secondary N) is 2. The Morgan fingerprint density at radius 2 is 2.10 bits per heavy atom. The lowest BCUT2D eigenvalue weighted by molar-refractivity contribution is 0.337. The van der Waals surface area contributed by atoms with Crippen molar-refractivity contribution < 1.29 is 4.74 Å². The number of aromatic nitrogens is 2. The van der Waals surface area contributed by atoms with Crippen LogP contribution in [0.2, 0.25) is 5.02 Å². The van der Waals surface area contributed by atoms with Gasteiger partial charge in [0.2, 0.25) is 0 Å². The highest BCUT2D eigenvalue weighted by atomic mass is 35.5. The van der Waals surface area contributed by atoms with Crippen LogP contribution in [-0.2, 0) is 13.0 Å². The summed E-state index contributed by atoms with van der Waals surface area (Å²) >= 11 is 5.98. The number of nitrogens with zero attached hydrogens (tertiary/aromatic N) is 1. The van der Waals surface area contributed by atoms with Gasteiger partial charge in [-0.1, -0.05) is 23.7 Å². The molecule has 1 fully saturated rings. The van der Waals surface area contributed by atoms with Gasteiger partial charge in [0.25, 0.3) is 5.56 Å². The van der Waals surface area contributed by atoms with Crippen LogP contribution in [0.4, 0.5) is 0 Å². The monoisotopic (exact) mass is 425 g/mol. The molecule has 2 heterocycles. The van der Waals surface area contributed by atoms with Gasteiger partial charge in [-0.05, 0) is 60.6 Å². The minimum atomic E-state index is -0.386. The van der Waals surface area contributed by atoms with Gasteiger partial charge in [0.15, 0.2) is 0 Å². The van der Waals surface area contributed by atoms with Crippen LogP contribution in [-0.4, -0.2) is 29.2 Å². The number of hydrogen-bond donors (Lipinski definition) is 2. The molecule has 0 spiro atoms. The highest BCUT2D eigenvalue weighted by molar-refractivity contribution is 6.31. The molecule has 156 valence electrons. The molecular formula is C23H24ClN3O3. The van der Waals surface area contributed by atoms with Gasteiger partial charge in [0.1, 0.15) is 5.75 Å². The fourth-order valence-corrected chi connectivity index (χ4v) is 5.49. The summed E-state index contributed by atoms with van der Waals surface area (Å²) in [5, 5.41) is 4.62. The number of hydrogen-bond acceptors (Lipinski definition) is 4. The zero-order chi connectivity index (χ0) is 20.8. The van der Waals surface area contributed by atoms with Gasteiger partial charge >= 0.3 is 5.69 Å². The Bertz CT molecular complexity index is 1230. The molecule has 2 N–H and O–H groups in total. The topological polar surface area (TPSA) is 76.1 Å². The van der Waals surface area contributed by atoms with Crippen LogP contribution in [0.25, 0.3) is 10.9 Å². The molecule has 0 radical (unpaired) electrons. The molecule has 1 unspecified atom stereocenters. The van der Waals surface area contributed by atoms with Crippen molar-refractivity contribution in [3.05, 3.63) is 73.4 Å². The van der Waals surface area contributed by atoms with E-state index in [4.69, 9.17) is 16.3 Å². The predicted octanol–water partition coefficient (Wildman–Crippen LogP) is 3.06. The standard InChI is InChI=1S/C23H24ClN3O3/c1-30-21-4-2-3-14-16(21)8-7-15-18(14)12-25-19(15)9-10-27-22(28)17-6-5-13(24)11-20(17)26-23(27)29/h2-6,11,15,18-19,25H,7-10,12H2,1H3,(H,26,29)/t15-,18-,19?/m0/s1. The summed E-state index contributed by atoms with van der Waals surface area (Å²) in [5.41, 5.74) is 2.52. The number of fused-ring (bicyclic) bond motifs is 4. The molecule has 3 atom stereocenters. The Balaban J connectivity index is 1.38. The maximum Gasteiger partial charge on any atom is 0.328 e. The summed E-state index contributed by atoms with van der Waals surface area (Å²) in [6.07, 6.45) is 2.82. The quantitative estimate of drug-likeness (QED) is 0.673. The molecule has 1 aromatic heterocycles. The first-order chi connectivity index (χ1) is 14.6. The lowest BCUT2D eigenvalue weighted by Crippen LogP contribution is -2.38. The first kappa shape index (κ1) is 19.4. The van der Waals surface area contributed by atoms with E-state index in [1.165, 1.54) is 15.7 Å². The first-order valence-corrected chi connectivity index (χ1v) is 10.8. The maximum absolute atomic E-state index is 12.8. The highest BCUT2D eigenvalue weighted by Gasteiger charge is 2.40. The van der Waals surface area contributed by atoms with Gasteiger partial charge < -0.3 is 15.0 Å². The van der Waals surface area contributed by atoms with Crippen molar-refractivity contribution in [1.29, 1.82) is 0 Å². The van der Waals surface area contributed by atoms with Gasteiger partial charge in [0, 0.05) is 30.1 Å². The van der Waals surface area contributed by atoms with Gasteiger partial charge in [-0.2, -0.15) is 0 Å². The molecule has 7 heteroatoms. The summed E-state index contributed by atoms with van der Waals surface area (Å²) in [6.45, 7) is 1.30.